The summed E-state index contributed by atoms with van der Waals surface area (Å²) in [5.41, 5.74) is 5.02. The van der Waals surface area contributed by atoms with Gasteiger partial charge in [-0.05, 0) is 30.5 Å². The molecule has 19 heavy (non-hydrogen) atoms. The maximum Gasteiger partial charge on any atom is 0.417 e. The van der Waals surface area contributed by atoms with Gasteiger partial charge in [0, 0.05) is 17.8 Å². The van der Waals surface area contributed by atoms with Crippen molar-refractivity contribution in [1.29, 1.82) is 0 Å². The van der Waals surface area contributed by atoms with Gasteiger partial charge in [0.05, 0.1) is 5.56 Å². The van der Waals surface area contributed by atoms with Crippen LogP contribution in [0.15, 0.2) is 18.2 Å². The van der Waals surface area contributed by atoms with Crippen LogP contribution in [-0.4, -0.2) is 11.5 Å². The molecule has 0 bridgehead atoms. The average Bonchev–Trinajstić information content (AvgIpc) is 2.26. The fourth-order valence-electron chi connectivity index (χ4n) is 1.61. The Morgan fingerprint density at radius 1 is 1.37 bits per heavy atom. The van der Waals surface area contributed by atoms with Crippen molar-refractivity contribution < 1.29 is 13.2 Å². The summed E-state index contributed by atoms with van der Waals surface area (Å²) in [6, 6.07) is 3.75. The van der Waals surface area contributed by atoms with E-state index in [1.807, 2.05) is 0 Å². The highest BCUT2D eigenvalue weighted by Crippen LogP contribution is 2.33. The van der Waals surface area contributed by atoms with E-state index in [1.165, 1.54) is 12.1 Å². The van der Waals surface area contributed by atoms with Crippen molar-refractivity contribution in [3.05, 3.63) is 29.3 Å². The molecule has 0 heterocycles. The molecule has 0 aliphatic rings. The van der Waals surface area contributed by atoms with E-state index in [0.717, 1.165) is 12.5 Å². The molecule has 1 aromatic carbocycles. The molecule has 0 radical (unpaired) electrons. The van der Waals surface area contributed by atoms with Crippen LogP contribution in [-0.2, 0) is 6.18 Å². The zero-order valence-electron chi connectivity index (χ0n) is 10.8. The molecule has 3 N–H and O–H groups in total. The van der Waals surface area contributed by atoms with Crippen LogP contribution in [0.5, 0.6) is 0 Å². The first-order valence-corrected chi connectivity index (χ1v) is 6.37. The normalized spacial score (nSPS) is 11.7. The van der Waals surface area contributed by atoms with Crippen LogP contribution in [0.2, 0.25) is 0 Å². The van der Waals surface area contributed by atoms with Crippen molar-refractivity contribution in [3.8, 4) is 0 Å². The number of rotatable bonds is 5. The van der Waals surface area contributed by atoms with E-state index >= 15 is 0 Å². The zero-order chi connectivity index (χ0) is 14.6. The molecule has 0 spiro atoms. The van der Waals surface area contributed by atoms with Gasteiger partial charge in [-0.2, -0.15) is 13.2 Å². The second-order valence-corrected chi connectivity index (χ2v) is 5.17. The average molecular weight is 290 g/mol. The van der Waals surface area contributed by atoms with E-state index < -0.39 is 11.7 Å². The third-order valence-corrected chi connectivity index (χ3v) is 2.86. The van der Waals surface area contributed by atoms with E-state index in [0.29, 0.717) is 18.2 Å². The van der Waals surface area contributed by atoms with Crippen LogP contribution in [0.3, 0.4) is 0 Å². The Morgan fingerprint density at radius 2 is 2.00 bits per heavy atom. The minimum atomic E-state index is -4.45. The van der Waals surface area contributed by atoms with Gasteiger partial charge < -0.3 is 11.1 Å². The molecule has 0 saturated heterocycles. The number of benzene rings is 1. The predicted molar refractivity (Wildman–Crippen MR) is 75.3 cm³/mol. The minimum absolute atomic E-state index is 0.142. The van der Waals surface area contributed by atoms with Gasteiger partial charge in [0.2, 0.25) is 0 Å². The second-order valence-electron chi connectivity index (χ2n) is 4.73. The quantitative estimate of drug-likeness (QED) is 0.810. The molecule has 1 rings (SSSR count). The first-order chi connectivity index (χ1) is 8.71. The van der Waals surface area contributed by atoms with Gasteiger partial charge in [-0.25, -0.2) is 0 Å². The summed E-state index contributed by atoms with van der Waals surface area (Å²) in [4.78, 5) is -0.250. The third-order valence-electron chi connectivity index (χ3n) is 2.64. The van der Waals surface area contributed by atoms with Crippen molar-refractivity contribution in [3.63, 3.8) is 0 Å². The molecule has 0 aliphatic carbocycles. The van der Waals surface area contributed by atoms with E-state index in [4.69, 9.17) is 5.73 Å². The Balaban J connectivity index is 2.94. The number of anilines is 1. The SMILES string of the molecule is CC(C)CCNc1ccc(C(F)(F)F)c(C(N)=S)c1. The molecule has 0 aromatic heterocycles. The maximum absolute atomic E-state index is 12.8. The molecule has 106 valence electrons. The van der Waals surface area contributed by atoms with Crippen molar-refractivity contribution in [2.45, 2.75) is 26.4 Å². The summed E-state index contributed by atoms with van der Waals surface area (Å²) in [5.74, 6) is 0.525. The fraction of sp³-hybridized carbons (Fsp3) is 0.462. The number of hydrogen-bond donors (Lipinski definition) is 2. The van der Waals surface area contributed by atoms with Crippen molar-refractivity contribution in [2.75, 3.05) is 11.9 Å². The molecule has 2 nitrogen and oxygen atoms in total. The molecule has 0 amide bonds. The van der Waals surface area contributed by atoms with Crippen LogP contribution in [0.4, 0.5) is 18.9 Å². The molecule has 6 heteroatoms. The van der Waals surface area contributed by atoms with Gasteiger partial charge in [0.1, 0.15) is 4.99 Å². The van der Waals surface area contributed by atoms with Gasteiger partial charge in [0.15, 0.2) is 0 Å². The summed E-state index contributed by atoms with van der Waals surface area (Å²) in [6.45, 7) is 4.85. The van der Waals surface area contributed by atoms with Gasteiger partial charge in [-0.1, -0.05) is 26.1 Å². The highest BCUT2D eigenvalue weighted by Gasteiger charge is 2.33. The first kappa shape index (κ1) is 15.8. The second kappa shape index (κ2) is 6.23. The molecule has 0 fully saturated rings. The van der Waals surface area contributed by atoms with E-state index in [9.17, 15) is 13.2 Å². The van der Waals surface area contributed by atoms with Crippen LogP contribution in [0.1, 0.15) is 31.4 Å². The Labute approximate surface area is 116 Å². The third kappa shape index (κ3) is 4.70. The smallest absolute Gasteiger partial charge is 0.389 e. The van der Waals surface area contributed by atoms with Crippen molar-refractivity contribution in [2.24, 2.45) is 11.7 Å². The number of nitrogens with two attached hydrogens (primary N) is 1. The fourth-order valence-corrected chi connectivity index (χ4v) is 1.78. The predicted octanol–water partition coefficient (Wildman–Crippen LogP) is 3.80. The molecule has 0 aliphatic heterocycles. The molecule has 1 aromatic rings. The Bertz CT molecular complexity index is 456. The number of thiocarbonyl (C=S) groups is 1. The lowest BCUT2D eigenvalue weighted by molar-refractivity contribution is -0.137. The Hall–Kier alpha value is -1.30. The summed E-state index contributed by atoms with van der Waals surface area (Å²) in [5, 5.41) is 3.07. The first-order valence-electron chi connectivity index (χ1n) is 5.96. The maximum atomic E-state index is 12.8. The highest BCUT2D eigenvalue weighted by atomic mass is 32.1. The van der Waals surface area contributed by atoms with Crippen LogP contribution in [0, 0.1) is 5.92 Å². The topological polar surface area (TPSA) is 38.0 Å². The lowest BCUT2D eigenvalue weighted by atomic mass is 10.1. The van der Waals surface area contributed by atoms with Crippen LogP contribution < -0.4 is 11.1 Å². The lowest BCUT2D eigenvalue weighted by Gasteiger charge is -2.15. The molecule has 0 unspecified atom stereocenters. The van der Waals surface area contributed by atoms with Crippen molar-refractivity contribution in [1.82, 2.24) is 0 Å². The molecule has 0 saturated carbocycles. The standard InChI is InChI=1S/C13H17F3N2S/c1-8(2)5-6-18-9-3-4-11(13(14,15)16)10(7-9)12(17)19/h3-4,7-8,18H,5-6H2,1-2H3,(H2,17,19). The van der Waals surface area contributed by atoms with Gasteiger partial charge in [-0.3, -0.25) is 0 Å². The van der Waals surface area contributed by atoms with E-state index in [2.05, 4.69) is 31.4 Å². The molecular weight excluding hydrogens is 273 g/mol. The number of halogens is 3. The van der Waals surface area contributed by atoms with Gasteiger partial charge in [0.25, 0.3) is 0 Å². The summed E-state index contributed by atoms with van der Waals surface area (Å²) < 4.78 is 38.3. The summed E-state index contributed by atoms with van der Waals surface area (Å²) in [6.07, 6.45) is -3.52. The van der Waals surface area contributed by atoms with Crippen molar-refractivity contribution >= 4 is 22.9 Å². The van der Waals surface area contributed by atoms with Gasteiger partial charge in [-0.15, -0.1) is 0 Å². The van der Waals surface area contributed by atoms with Crippen LogP contribution >= 0.6 is 12.2 Å². The summed E-state index contributed by atoms with van der Waals surface area (Å²) >= 11 is 4.68. The Kier molecular flexibility index (Phi) is 5.17. The van der Waals surface area contributed by atoms with Crippen LogP contribution in [0.25, 0.3) is 0 Å². The number of hydrogen-bond acceptors (Lipinski definition) is 2. The lowest BCUT2D eigenvalue weighted by Crippen LogP contribution is -2.18. The minimum Gasteiger partial charge on any atom is -0.389 e. The van der Waals surface area contributed by atoms with Gasteiger partial charge >= 0.3 is 6.18 Å². The number of nitrogens with one attached hydrogen (secondary N) is 1. The largest absolute Gasteiger partial charge is 0.417 e. The number of alkyl halides is 3. The molecule has 0 atom stereocenters. The monoisotopic (exact) mass is 290 g/mol. The molecular formula is C13H17F3N2S. The van der Waals surface area contributed by atoms with E-state index in [1.54, 1.807) is 0 Å². The Morgan fingerprint density at radius 3 is 2.47 bits per heavy atom. The highest BCUT2D eigenvalue weighted by molar-refractivity contribution is 7.80. The van der Waals surface area contributed by atoms with E-state index in [-0.39, 0.29) is 10.6 Å². The zero-order valence-corrected chi connectivity index (χ0v) is 11.7. The summed E-state index contributed by atoms with van der Waals surface area (Å²) in [7, 11) is 0.